The average Bonchev–Trinajstić information content (AvgIpc) is 3.77. The summed E-state index contributed by atoms with van der Waals surface area (Å²) < 4.78 is 31.0. The van der Waals surface area contributed by atoms with Crippen LogP contribution in [0.1, 0.15) is 89.2 Å². The van der Waals surface area contributed by atoms with Gasteiger partial charge in [0.1, 0.15) is 54.2 Å². The van der Waals surface area contributed by atoms with Crippen LogP contribution >= 0.6 is 0 Å². The number of nitrogens with zero attached hydrogens (tertiary/aromatic N) is 1. The van der Waals surface area contributed by atoms with Gasteiger partial charge in [-0.3, -0.25) is 19.2 Å². The predicted octanol–water partition coefficient (Wildman–Crippen LogP) is 0.572. The number of unbranched alkanes of at least 4 members (excludes halogenated alkanes) is 4. The number of aliphatic hydroxyl groups is 5. The van der Waals surface area contributed by atoms with Crippen LogP contribution in [0.15, 0.2) is 30.3 Å². The Balaban J connectivity index is 1.24. The molecule has 6 rings (SSSR count). The minimum Gasteiger partial charge on any atom is -0.458 e. The molecule has 1 aliphatic carbocycles. The van der Waals surface area contributed by atoms with Gasteiger partial charge in [0.25, 0.3) is 0 Å². The Hall–Kier alpha value is -3.07. The van der Waals surface area contributed by atoms with Crippen LogP contribution in [0.5, 0.6) is 0 Å². The summed E-state index contributed by atoms with van der Waals surface area (Å²) in [5, 5.41) is 56.2. The van der Waals surface area contributed by atoms with Crippen molar-refractivity contribution in [2.45, 2.75) is 152 Å². The topological polar surface area (TPSA) is 235 Å². The second-order valence-corrected chi connectivity index (χ2v) is 15.9. The fourth-order valence-corrected chi connectivity index (χ4v) is 8.97. The maximum atomic E-state index is 14.6. The summed E-state index contributed by atoms with van der Waals surface area (Å²) in [5.41, 5.74) is 0.0425. The first kappa shape index (κ1) is 44.5. The first-order valence-corrected chi connectivity index (χ1v) is 20.8. The van der Waals surface area contributed by atoms with E-state index in [4.69, 9.17) is 33.6 Å². The van der Waals surface area contributed by atoms with Crippen LogP contribution in [-0.4, -0.2) is 148 Å². The summed E-state index contributed by atoms with van der Waals surface area (Å²) in [6.07, 6.45) is 0.596. The van der Waals surface area contributed by atoms with Crippen LogP contribution in [0, 0.1) is 5.41 Å². The van der Waals surface area contributed by atoms with Gasteiger partial charge in [0, 0.05) is 38.8 Å². The molecule has 1 saturated carbocycles. The molecule has 4 saturated heterocycles. The molecule has 0 unspecified atom stereocenters. The van der Waals surface area contributed by atoms with Crippen molar-refractivity contribution < 1.29 is 68.4 Å². The van der Waals surface area contributed by atoms with Gasteiger partial charge in [0.2, 0.25) is 11.8 Å². The number of rotatable bonds is 21. The number of fused-ring (bicyclic) bond motifs is 4. The molecule has 5 aliphatic rings. The number of hydroxylamine groups is 2. The highest BCUT2D eigenvalue weighted by Gasteiger charge is 2.76. The van der Waals surface area contributed by atoms with E-state index in [1.165, 1.54) is 5.06 Å². The second kappa shape index (κ2) is 20.0. The Kier molecular flexibility index (Phi) is 15.3. The molecule has 5 fully saturated rings. The summed E-state index contributed by atoms with van der Waals surface area (Å²) in [5.74, 6) is -2.33. The van der Waals surface area contributed by atoms with Gasteiger partial charge in [-0.2, -0.15) is 5.06 Å². The van der Waals surface area contributed by atoms with Crippen molar-refractivity contribution in [3.63, 3.8) is 0 Å². The number of amides is 2. The van der Waals surface area contributed by atoms with Crippen molar-refractivity contribution in [2.24, 2.45) is 5.41 Å². The second-order valence-electron chi connectivity index (χ2n) is 15.9. The van der Waals surface area contributed by atoms with E-state index >= 15 is 0 Å². The molecule has 0 radical (unpaired) electrons. The van der Waals surface area contributed by atoms with Gasteiger partial charge in [-0.1, -0.05) is 75.9 Å². The molecule has 1 aromatic rings. The number of benzene rings is 1. The Bertz CT molecular complexity index is 1570. The Morgan fingerprint density at radius 1 is 0.948 bits per heavy atom. The van der Waals surface area contributed by atoms with Crippen LogP contribution in [0.2, 0.25) is 0 Å². The number of carbonyl (C=O) groups is 3. The summed E-state index contributed by atoms with van der Waals surface area (Å²) in [7, 11) is 0. The van der Waals surface area contributed by atoms with E-state index < -0.39 is 90.8 Å². The Morgan fingerprint density at radius 2 is 1.67 bits per heavy atom. The number of nitrogens with one attached hydrogen (secondary N) is 2. The van der Waals surface area contributed by atoms with Crippen molar-refractivity contribution in [1.82, 2.24) is 15.7 Å². The molecular weight excluding hydrogens is 758 g/mol. The zero-order valence-corrected chi connectivity index (χ0v) is 33.4. The molecule has 2 bridgehead atoms. The third-order valence-electron chi connectivity index (χ3n) is 12.0. The van der Waals surface area contributed by atoms with Gasteiger partial charge in [0.15, 0.2) is 18.1 Å². The van der Waals surface area contributed by atoms with E-state index in [1.54, 1.807) is 12.2 Å². The van der Waals surface area contributed by atoms with Crippen LogP contribution in [-0.2, 0) is 49.5 Å². The molecule has 17 nitrogen and oxygen atoms in total. The maximum absolute atomic E-state index is 14.6. The summed E-state index contributed by atoms with van der Waals surface area (Å²) in [4.78, 5) is 47.9. The SMILES string of the molecule is CCCCCC1(CCCCC)O[C@@H]2[C@H](O1)[C@H]1ON(Cc3ccccc3C=CCO[C@H]3O[C@H](CO)[C@H](O)[C@H](O)[C@H]3O)[C@@H]3C(=O)O[C@@H]2C[C@]13C(=O)NCCC(=O)NCCO. The van der Waals surface area contributed by atoms with Crippen molar-refractivity contribution in [2.75, 3.05) is 32.9 Å². The van der Waals surface area contributed by atoms with E-state index in [0.29, 0.717) is 12.8 Å². The van der Waals surface area contributed by atoms with E-state index in [-0.39, 0.29) is 51.6 Å². The number of hydrogen-bond donors (Lipinski definition) is 7. The molecule has 2 amide bonds. The summed E-state index contributed by atoms with van der Waals surface area (Å²) in [6.45, 7) is 3.59. The van der Waals surface area contributed by atoms with Crippen LogP contribution in [0.3, 0.4) is 0 Å². The van der Waals surface area contributed by atoms with E-state index in [9.17, 15) is 34.8 Å². The fraction of sp³-hybridized carbons (Fsp3) is 0.732. The summed E-state index contributed by atoms with van der Waals surface area (Å²) >= 11 is 0. The van der Waals surface area contributed by atoms with Gasteiger partial charge in [-0.05, 0) is 24.0 Å². The largest absolute Gasteiger partial charge is 0.458 e. The first-order valence-electron chi connectivity index (χ1n) is 20.8. The predicted molar refractivity (Wildman–Crippen MR) is 205 cm³/mol. The lowest BCUT2D eigenvalue weighted by molar-refractivity contribution is -0.298. The van der Waals surface area contributed by atoms with Gasteiger partial charge in [-0.15, -0.1) is 0 Å². The standard InChI is InChI=1S/C41H61N3O14/c1-3-5-9-16-40(17-10-6-4-2)56-33-27-22-41(39(52)43-18-15-29(47)42-19-20-45)35(37(51)54-27)44(58-36(41)34(33)57-40)23-26-13-8-7-12-25(26)14-11-21-53-38-32(50)31(49)30(48)28(24-46)55-38/h7-8,11-14,27-28,30-36,38,45-46,48-50H,3-6,9-10,15-24H2,1-2H3,(H,42,47)(H,43,52)/t27-,28-,30+,31+,32-,33+,34+,35-,36-,38+,41-/m1/s1. The molecule has 4 heterocycles. The molecule has 58 heavy (non-hydrogen) atoms. The average molecular weight is 820 g/mol. The zero-order chi connectivity index (χ0) is 41.5. The van der Waals surface area contributed by atoms with Crippen molar-refractivity contribution in [3.8, 4) is 0 Å². The highest BCUT2D eigenvalue weighted by atomic mass is 16.8. The first-order chi connectivity index (χ1) is 28.0. The van der Waals surface area contributed by atoms with E-state index in [0.717, 1.165) is 49.7 Å². The maximum Gasteiger partial charge on any atom is 0.327 e. The molecule has 0 aromatic heterocycles. The zero-order valence-electron chi connectivity index (χ0n) is 33.4. The van der Waals surface area contributed by atoms with Gasteiger partial charge >= 0.3 is 5.97 Å². The molecule has 0 spiro atoms. The lowest BCUT2D eigenvalue weighted by Gasteiger charge is -2.48. The van der Waals surface area contributed by atoms with Gasteiger partial charge in [0.05, 0.1) is 26.4 Å². The monoisotopic (exact) mass is 819 g/mol. The minimum absolute atomic E-state index is 0.000747. The van der Waals surface area contributed by atoms with Crippen molar-refractivity contribution >= 4 is 23.9 Å². The molecule has 4 aliphatic heterocycles. The molecule has 324 valence electrons. The van der Waals surface area contributed by atoms with E-state index in [1.807, 2.05) is 24.3 Å². The Morgan fingerprint density at radius 3 is 2.38 bits per heavy atom. The smallest absolute Gasteiger partial charge is 0.327 e. The lowest BCUT2D eigenvalue weighted by Crippen LogP contribution is -2.69. The molecule has 17 heteroatoms. The van der Waals surface area contributed by atoms with Crippen molar-refractivity contribution in [3.05, 3.63) is 41.5 Å². The molecular formula is C41H61N3O14. The third-order valence-corrected chi connectivity index (χ3v) is 12.0. The third kappa shape index (κ3) is 9.29. The normalized spacial score (nSPS) is 33.9. The number of carbonyl (C=O) groups excluding carboxylic acids is 3. The molecule has 1 aromatic carbocycles. The van der Waals surface area contributed by atoms with Crippen LogP contribution in [0.25, 0.3) is 6.08 Å². The minimum atomic E-state index is -1.57. The highest BCUT2D eigenvalue weighted by molar-refractivity contribution is 5.94. The molecule has 7 N–H and O–H groups in total. The number of aliphatic hydroxyl groups excluding tert-OH is 5. The summed E-state index contributed by atoms with van der Waals surface area (Å²) in [6, 6.07) is 6.24. The number of esters is 1. The van der Waals surface area contributed by atoms with E-state index in [2.05, 4.69) is 24.5 Å². The fourth-order valence-electron chi connectivity index (χ4n) is 8.97. The van der Waals surface area contributed by atoms with Crippen molar-refractivity contribution in [1.29, 1.82) is 0 Å². The van der Waals surface area contributed by atoms with Gasteiger partial charge < -0.3 is 59.9 Å². The van der Waals surface area contributed by atoms with Crippen LogP contribution < -0.4 is 10.6 Å². The molecule has 11 atom stereocenters. The van der Waals surface area contributed by atoms with Crippen LogP contribution in [0.4, 0.5) is 0 Å². The lowest BCUT2D eigenvalue weighted by atomic mass is 9.62. The Labute approximate surface area is 338 Å². The van der Waals surface area contributed by atoms with Gasteiger partial charge in [-0.25, -0.2) is 0 Å². The number of hydrogen-bond acceptors (Lipinski definition) is 15. The highest BCUT2D eigenvalue weighted by Crippen LogP contribution is 2.58. The number of ether oxygens (including phenoxy) is 5. The quantitative estimate of drug-likeness (QED) is 0.0664.